The number of methoxy groups -OCH3 is 2. The largest absolute Gasteiger partial charge is 0.507 e. The lowest BCUT2D eigenvalue weighted by molar-refractivity contribution is -0.384. The zero-order valence-electron chi connectivity index (χ0n) is 21.1. The molecule has 2 aliphatic rings. The summed E-state index contributed by atoms with van der Waals surface area (Å²) >= 11 is 1.17. The van der Waals surface area contributed by atoms with Crippen LogP contribution in [0.4, 0.5) is 5.69 Å². The summed E-state index contributed by atoms with van der Waals surface area (Å²) in [4.78, 5) is 30.2. The summed E-state index contributed by atoms with van der Waals surface area (Å²) in [7, 11) is 3.18. The van der Waals surface area contributed by atoms with Crippen LogP contribution in [0.2, 0.25) is 0 Å². The minimum absolute atomic E-state index is 0.161. The third-order valence-electron chi connectivity index (χ3n) is 7.11. The van der Waals surface area contributed by atoms with Gasteiger partial charge in [0.25, 0.3) is 11.2 Å². The van der Waals surface area contributed by atoms with Gasteiger partial charge in [-0.3, -0.25) is 19.5 Å². The van der Waals surface area contributed by atoms with Gasteiger partial charge in [-0.15, -0.1) is 0 Å². The van der Waals surface area contributed by atoms with Crippen LogP contribution in [-0.2, 0) is 6.42 Å². The molecule has 1 N–H and O–H groups in total. The fourth-order valence-corrected chi connectivity index (χ4v) is 6.26. The Bertz CT molecular complexity index is 1870. The van der Waals surface area contributed by atoms with Crippen LogP contribution in [0.3, 0.4) is 0 Å². The lowest BCUT2D eigenvalue weighted by Crippen LogP contribution is -2.39. The SMILES string of the molecule is COc1ccc(OC)c(C2C3=C(N=c4sc(=Cc5cc([N+](=O)[O-])ccc5O)c(=O)n42)c2ccccc2CC3)c1. The predicted molar refractivity (Wildman–Crippen MR) is 147 cm³/mol. The summed E-state index contributed by atoms with van der Waals surface area (Å²) < 4.78 is 13.2. The minimum atomic E-state index is -0.543. The molecule has 0 radical (unpaired) electrons. The second-order valence-corrected chi connectivity index (χ2v) is 10.2. The summed E-state index contributed by atoms with van der Waals surface area (Å²) in [5.41, 5.74) is 4.50. The topological polar surface area (TPSA) is 116 Å². The van der Waals surface area contributed by atoms with Crippen molar-refractivity contribution in [3.8, 4) is 17.2 Å². The highest BCUT2D eigenvalue weighted by molar-refractivity contribution is 7.07. The number of aromatic hydroxyl groups is 1. The van der Waals surface area contributed by atoms with E-state index < -0.39 is 11.0 Å². The first kappa shape index (κ1) is 24.6. The number of thiazole rings is 1. The number of benzene rings is 3. The maximum Gasteiger partial charge on any atom is 0.271 e. The Morgan fingerprint density at radius 1 is 1.10 bits per heavy atom. The summed E-state index contributed by atoms with van der Waals surface area (Å²) in [6.07, 6.45) is 2.98. The van der Waals surface area contributed by atoms with E-state index in [9.17, 15) is 20.0 Å². The van der Waals surface area contributed by atoms with Gasteiger partial charge in [0.2, 0.25) is 0 Å². The van der Waals surface area contributed by atoms with Crippen LogP contribution in [-0.4, -0.2) is 28.8 Å². The molecule has 196 valence electrons. The van der Waals surface area contributed by atoms with Crippen LogP contribution in [0.5, 0.6) is 17.2 Å². The fourth-order valence-electron chi connectivity index (χ4n) is 5.26. The van der Waals surface area contributed by atoms with E-state index in [0.717, 1.165) is 28.8 Å². The number of nitrogens with zero attached hydrogens (tertiary/aromatic N) is 3. The van der Waals surface area contributed by atoms with Crippen LogP contribution in [0, 0.1) is 10.1 Å². The number of phenols is 1. The maximum atomic E-state index is 14.0. The number of fused-ring (bicyclic) bond motifs is 3. The Balaban J connectivity index is 1.65. The molecule has 9 nitrogen and oxygen atoms in total. The maximum absolute atomic E-state index is 14.0. The number of non-ortho nitro benzene ring substituents is 1. The van der Waals surface area contributed by atoms with Gasteiger partial charge in [0.05, 0.1) is 35.4 Å². The molecule has 1 aliphatic heterocycles. The van der Waals surface area contributed by atoms with E-state index in [2.05, 4.69) is 6.07 Å². The molecule has 1 atom stereocenters. The lowest BCUT2D eigenvalue weighted by Gasteiger charge is -2.31. The minimum Gasteiger partial charge on any atom is -0.507 e. The number of rotatable bonds is 5. The summed E-state index contributed by atoms with van der Waals surface area (Å²) in [6, 6.07) is 16.8. The Morgan fingerprint density at radius 2 is 1.92 bits per heavy atom. The first-order valence-corrected chi connectivity index (χ1v) is 13.0. The molecular formula is C29H23N3O6S. The second kappa shape index (κ2) is 9.55. The van der Waals surface area contributed by atoms with Gasteiger partial charge < -0.3 is 14.6 Å². The van der Waals surface area contributed by atoms with Crippen molar-refractivity contribution in [2.24, 2.45) is 4.99 Å². The van der Waals surface area contributed by atoms with E-state index in [4.69, 9.17) is 14.5 Å². The zero-order valence-corrected chi connectivity index (χ0v) is 21.9. The standard InChI is InChI=1S/C29H23N3O6S/c1-37-19-9-12-24(38-2)22(15-19)27-21-10-7-16-5-3-4-6-20(16)26(21)30-29-31(27)28(34)25(39-29)14-17-13-18(32(35)36)8-11-23(17)33/h3-6,8-9,11-15,27,33H,7,10H2,1-2H3. The van der Waals surface area contributed by atoms with Gasteiger partial charge in [0, 0.05) is 28.8 Å². The molecule has 0 spiro atoms. The van der Waals surface area contributed by atoms with Gasteiger partial charge in [-0.05, 0) is 54.3 Å². The van der Waals surface area contributed by atoms with Gasteiger partial charge in [-0.1, -0.05) is 35.6 Å². The van der Waals surface area contributed by atoms with Crippen molar-refractivity contribution in [3.05, 3.63) is 118 Å². The molecule has 10 heteroatoms. The van der Waals surface area contributed by atoms with E-state index in [0.29, 0.717) is 27.3 Å². The molecule has 39 heavy (non-hydrogen) atoms. The quantitative estimate of drug-likeness (QED) is 0.302. The van der Waals surface area contributed by atoms with E-state index >= 15 is 0 Å². The van der Waals surface area contributed by atoms with Crippen LogP contribution >= 0.6 is 11.3 Å². The van der Waals surface area contributed by atoms with Crippen molar-refractivity contribution in [1.82, 2.24) is 4.57 Å². The molecule has 6 rings (SSSR count). The third kappa shape index (κ3) is 4.09. The summed E-state index contributed by atoms with van der Waals surface area (Å²) in [5, 5.41) is 21.7. The summed E-state index contributed by atoms with van der Waals surface area (Å²) in [5.74, 6) is 1.08. The van der Waals surface area contributed by atoms with Crippen LogP contribution < -0.4 is 24.4 Å². The Morgan fingerprint density at radius 3 is 2.69 bits per heavy atom. The van der Waals surface area contributed by atoms with Crippen molar-refractivity contribution >= 4 is 28.8 Å². The molecule has 0 amide bonds. The van der Waals surface area contributed by atoms with Gasteiger partial charge in [0.15, 0.2) is 4.80 Å². The van der Waals surface area contributed by atoms with E-state index in [1.54, 1.807) is 18.8 Å². The molecule has 0 bridgehead atoms. The van der Waals surface area contributed by atoms with E-state index in [1.165, 1.54) is 41.2 Å². The van der Waals surface area contributed by atoms with E-state index in [1.807, 2.05) is 36.4 Å². The third-order valence-corrected chi connectivity index (χ3v) is 8.10. The number of aryl methyl sites for hydroxylation is 1. The number of hydrogen-bond donors (Lipinski definition) is 1. The molecule has 0 saturated carbocycles. The number of aromatic nitrogens is 1. The highest BCUT2D eigenvalue weighted by Gasteiger charge is 2.34. The van der Waals surface area contributed by atoms with Crippen molar-refractivity contribution in [2.75, 3.05) is 14.2 Å². The smallest absolute Gasteiger partial charge is 0.271 e. The van der Waals surface area contributed by atoms with Crippen molar-refractivity contribution < 1.29 is 19.5 Å². The molecule has 0 saturated heterocycles. The van der Waals surface area contributed by atoms with Crippen LogP contribution in [0.25, 0.3) is 11.8 Å². The molecule has 3 aromatic carbocycles. The Hall–Kier alpha value is -4.70. The molecular weight excluding hydrogens is 518 g/mol. The second-order valence-electron chi connectivity index (χ2n) is 9.22. The van der Waals surface area contributed by atoms with E-state index in [-0.39, 0.29) is 22.6 Å². The molecule has 0 fully saturated rings. The normalized spacial score (nSPS) is 16.2. The Labute approximate surface area is 226 Å². The van der Waals surface area contributed by atoms with Gasteiger partial charge in [0.1, 0.15) is 17.2 Å². The number of ether oxygens (including phenoxy) is 2. The number of phenolic OH excluding ortho intramolecular Hbond substituents is 1. The first-order chi connectivity index (χ1) is 18.9. The average Bonchev–Trinajstić information content (AvgIpc) is 3.26. The molecule has 1 unspecified atom stereocenters. The van der Waals surface area contributed by atoms with Crippen molar-refractivity contribution in [2.45, 2.75) is 18.9 Å². The number of allylic oxidation sites excluding steroid dienone is 1. The lowest BCUT2D eigenvalue weighted by atomic mass is 9.83. The number of nitro groups is 1. The van der Waals surface area contributed by atoms with Crippen LogP contribution in [0.1, 0.15) is 34.7 Å². The first-order valence-electron chi connectivity index (χ1n) is 12.2. The van der Waals surface area contributed by atoms with Crippen LogP contribution in [0.15, 0.2) is 76.0 Å². The summed E-state index contributed by atoms with van der Waals surface area (Å²) in [6.45, 7) is 0. The highest BCUT2D eigenvalue weighted by Crippen LogP contribution is 2.44. The van der Waals surface area contributed by atoms with Crippen molar-refractivity contribution in [3.63, 3.8) is 0 Å². The molecule has 1 aromatic heterocycles. The average molecular weight is 542 g/mol. The number of nitro benzene ring substituents is 1. The number of hydrogen-bond acceptors (Lipinski definition) is 8. The molecule has 4 aromatic rings. The predicted octanol–water partition coefficient (Wildman–Crippen LogP) is 3.95. The molecule has 1 aliphatic carbocycles. The highest BCUT2D eigenvalue weighted by atomic mass is 32.1. The Kier molecular flexibility index (Phi) is 6.03. The monoisotopic (exact) mass is 541 g/mol. The fraction of sp³-hybridized carbons (Fsp3) is 0.172. The van der Waals surface area contributed by atoms with Gasteiger partial charge in [-0.25, -0.2) is 4.99 Å². The van der Waals surface area contributed by atoms with Crippen molar-refractivity contribution in [1.29, 1.82) is 0 Å². The zero-order chi connectivity index (χ0) is 27.3. The van der Waals surface area contributed by atoms with Gasteiger partial charge in [-0.2, -0.15) is 0 Å². The van der Waals surface area contributed by atoms with Gasteiger partial charge >= 0.3 is 0 Å². The molecule has 2 heterocycles.